The Morgan fingerprint density at radius 2 is 1.91 bits per heavy atom. The number of fused-ring (bicyclic) bond motifs is 1. The molecule has 22 heavy (non-hydrogen) atoms. The molecular weight excluding hydrogens is 278 g/mol. The highest BCUT2D eigenvalue weighted by Gasteiger charge is 2.47. The zero-order valence-corrected chi connectivity index (χ0v) is 13.7. The van der Waals surface area contributed by atoms with Crippen molar-refractivity contribution in [2.45, 2.75) is 51.9 Å². The van der Waals surface area contributed by atoms with Crippen LogP contribution >= 0.6 is 0 Å². The van der Waals surface area contributed by atoms with Crippen LogP contribution in [0.25, 0.3) is 11.3 Å². The lowest BCUT2D eigenvalue weighted by Gasteiger charge is -2.22. The molecule has 1 aliphatic rings. The first kappa shape index (κ1) is 14.8. The SMILES string of the molecule is Cc1c(-c2ccco2)cc2c(c1[N+](=O)[O-])C(C)(C)CC2(C)C. The highest BCUT2D eigenvalue weighted by Crippen LogP contribution is 2.54. The van der Waals surface area contributed by atoms with Gasteiger partial charge in [-0.1, -0.05) is 27.7 Å². The third-order valence-corrected chi connectivity index (χ3v) is 4.81. The molecule has 0 saturated heterocycles. The molecule has 0 N–H and O–H groups in total. The van der Waals surface area contributed by atoms with Crippen LogP contribution in [-0.2, 0) is 10.8 Å². The van der Waals surface area contributed by atoms with E-state index in [0.29, 0.717) is 11.3 Å². The number of furan rings is 1. The van der Waals surface area contributed by atoms with Crippen molar-refractivity contribution < 1.29 is 9.34 Å². The molecule has 4 nitrogen and oxygen atoms in total. The van der Waals surface area contributed by atoms with Crippen molar-refractivity contribution in [3.8, 4) is 11.3 Å². The van der Waals surface area contributed by atoms with Gasteiger partial charge < -0.3 is 4.42 Å². The van der Waals surface area contributed by atoms with E-state index in [4.69, 9.17) is 4.42 Å². The Labute approximate surface area is 130 Å². The van der Waals surface area contributed by atoms with Crippen molar-refractivity contribution in [1.82, 2.24) is 0 Å². The summed E-state index contributed by atoms with van der Waals surface area (Å²) in [5.41, 5.74) is 3.42. The minimum atomic E-state index is -0.232. The predicted octanol–water partition coefficient (Wildman–Crippen LogP) is 5.12. The van der Waals surface area contributed by atoms with Crippen LogP contribution in [0.4, 0.5) is 5.69 Å². The second-order valence-electron chi connectivity index (χ2n) is 7.50. The van der Waals surface area contributed by atoms with Crippen molar-refractivity contribution in [2.75, 3.05) is 0 Å². The highest BCUT2D eigenvalue weighted by atomic mass is 16.6. The first-order chi connectivity index (χ1) is 10.1. The van der Waals surface area contributed by atoms with Crippen LogP contribution in [0.15, 0.2) is 28.9 Å². The van der Waals surface area contributed by atoms with Crippen LogP contribution in [-0.4, -0.2) is 4.92 Å². The molecule has 0 aliphatic heterocycles. The fourth-order valence-electron chi connectivity index (χ4n) is 4.19. The van der Waals surface area contributed by atoms with Crippen molar-refractivity contribution in [3.63, 3.8) is 0 Å². The maximum Gasteiger partial charge on any atom is 0.277 e. The van der Waals surface area contributed by atoms with E-state index in [9.17, 15) is 10.1 Å². The lowest BCUT2D eigenvalue weighted by Crippen LogP contribution is -2.18. The Morgan fingerprint density at radius 1 is 1.23 bits per heavy atom. The number of hydrogen-bond acceptors (Lipinski definition) is 3. The Morgan fingerprint density at radius 3 is 2.45 bits per heavy atom. The Balaban J connectivity index is 2.42. The minimum Gasteiger partial charge on any atom is -0.464 e. The van der Waals surface area contributed by atoms with E-state index in [0.717, 1.165) is 23.1 Å². The molecule has 1 aliphatic carbocycles. The fourth-order valence-corrected chi connectivity index (χ4v) is 4.19. The summed E-state index contributed by atoms with van der Waals surface area (Å²) in [7, 11) is 0. The number of rotatable bonds is 2. The van der Waals surface area contributed by atoms with E-state index in [-0.39, 0.29) is 21.4 Å². The van der Waals surface area contributed by atoms with Gasteiger partial charge in [-0.3, -0.25) is 10.1 Å². The number of benzene rings is 1. The Bertz CT molecular complexity index is 755. The van der Waals surface area contributed by atoms with Gasteiger partial charge in [-0.15, -0.1) is 0 Å². The van der Waals surface area contributed by atoms with Crippen molar-refractivity contribution in [1.29, 1.82) is 0 Å². The van der Waals surface area contributed by atoms with E-state index in [1.165, 1.54) is 0 Å². The quantitative estimate of drug-likeness (QED) is 0.571. The third kappa shape index (κ3) is 1.97. The number of hydrogen-bond donors (Lipinski definition) is 0. The molecule has 0 spiro atoms. The molecule has 0 unspecified atom stereocenters. The zero-order valence-electron chi connectivity index (χ0n) is 13.7. The topological polar surface area (TPSA) is 56.3 Å². The van der Waals surface area contributed by atoms with Gasteiger partial charge in [0.1, 0.15) is 5.76 Å². The van der Waals surface area contributed by atoms with Crippen molar-refractivity contribution in [2.24, 2.45) is 0 Å². The van der Waals surface area contributed by atoms with Gasteiger partial charge in [0.2, 0.25) is 0 Å². The van der Waals surface area contributed by atoms with Gasteiger partial charge in [0.15, 0.2) is 0 Å². The zero-order chi connectivity index (χ0) is 16.3. The van der Waals surface area contributed by atoms with E-state index in [2.05, 4.69) is 33.8 Å². The van der Waals surface area contributed by atoms with E-state index in [1.54, 1.807) is 6.26 Å². The molecule has 1 heterocycles. The number of nitro groups is 1. The van der Waals surface area contributed by atoms with Gasteiger partial charge >= 0.3 is 0 Å². The maximum absolute atomic E-state index is 11.8. The molecule has 2 aromatic rings. The second kappa shape index (κ2) is 4.45. The molecule has 1 aromatic heterocycles. The average molecular weight is 299 g/mol. The van der Waals surface area contributed by atoms with Crippen LogP contribution in [0.3, 0.4) is 0 Å². The second-order valence-corrected chi connectivity index (χ2v) is 7.50. The number of nitro benzene ring substituents is 1. The fraction of sp³-hybridized carbons (Fsp3) is 0.444. The van der Waals surface area contributed by atoms with Crippen molar-refractivity contribution in [3.05, 3.63) is 51.3 Å². The van der Waals surface area contributed by atoms with Crippen LogP contribution < -0.4 is 0 Å². The summed E-state index contributed by atoms with van der Waals surface area (Å²) in [5, 5.41) is 11.8. The molecule has 3 rings (SSSR count). The summed E-state index contributed by atoms with van der Waals surface area (Å²) >= 11 is 0. The molecule has 0 fully saturated rings. The minimum absolute atomic E-state index is 0.0847. The molecule has 0 amide bonds. The molecule has 1 aromatic carbocycles. The van der Waals surface area contributed by atoms with E-state index >= 15 is 0 Å². The normalized spacial score (nSPS) is 18.2. The standard InChI is InChI=1S/C18H21NO3/c1-11-12(14-7-6-8-22-14)9-13-15(16(11)19(20)21)18(4,5)10-17(13,2)3/h6-9H,10H2,1-5H3. The van der Waals surface area contributed by atoms with Gasteiger partial charge in [0.25, 0.3) is 5.69 Å². The highest BCUT2D eigenvalue weighted by molar-refractivity contribution is 5.74. The monoisotopic (exact) mass is 299 g/mol. The first-order valence-electron chi connectivity index (χ1n) is 7.52. The van der Waals surface area contributed by atoms with E-state index in [1.807, 2.05) is 19.1 Å². The summed E-state index contributed by atoms with van der Waals surface area (Å²) in [6, 6.07) is 5.75. The predicted molar refractivity (Wildman–Crippen MR) is 86.2 cm³/mol. The molecular formula is C18H21NO3. The molecule has 0 radical (unpaired) electrons. The smallest absolute Gasteiger partial charge is 0.277 e. The Hall–Kier alpha value is -2.10. The van der Waals surface area contributed by atoms with Gasteiger partial charge in [0, 0.05) is 16.7 Å². The lowest BCUT2D eigenvalue weighted by molar-refractivity contribution is -0.386. The summed E-state index contributed by atoms with van der Waals surface area (Å²) in [6.07, 6.45) is 2.50. The Kier molecular flexibility index (Phi) is 3.00. The van der Waals surface area contributed by atoms with Crippen LogP contribution in [0, 0.1) is 17.0 Å². The van der Waals surface area contributed by atoms with Gasteiger partial charge in [0.05, 0.1) is 11.2 Å². The van der Waals surface area contributed by atoms with Gasteiger partial charge in [-0.2, -0.15) is 0 Å². The van der Waals surface area contributed by atoms with Crippen molar-refractivity contribution >= 4 is 5.69 Å². The van der Waals surface area contributed by atoms with Gasteiger partial charge in [-0.05, 0) is 47.9 Å². The molecule has 0 atom stereocenters. The van der Waals surface area contributed by atoms with Crippen LogP contribution in [0.2, 0.25) is 0 Å². The summed E-state index contributed by atoms with van der Waals surface area (Å²) in [6.45, 7) is 10.3. The molecule has 116 valence electrons. The molecule has 0 bridgehead atoms. The maximum atomic E-state index is 11.8. The molecule has 4 heteroatoms. The number of nitrogens with zero attached hydrogens (tertiary/aromatic N) is 1. The summed E-state index contributed by atoms with van der Waals surface area (Å²) < 4.78 is 5.49. The summed E-state index contributed by atoms with van der Waals surface area (Å²) in [5.74, 6) is 0.684. The van der Waals surface area contributed by atoms with Crippen LogP contribution in [0.1, 0.15) is 50.8 Å². The molecule has 0 saturated carbocycles. The first-order valence-corrected chi connectivity index (χ1v) is 7.52. The summed E-state index contributed by atoms with van der Waals surface area (Å²) in [4.78, 5) is 11.5. The van der Waals surface area contributed by atoms with Gasteiger partial charge in [-0.25, -0.2) is 0 Å². The third-order valence-electron chi connectivity index (χ3n) is 4.81. The van der Waals surface area contributed by atoms with E-state index < -0.39 is 0 Å². The average Bonchev–Trinajstić information content (AvgIpc) is 2.94. The largest absolute Gasteiger partial charge is 0.464 e. The van der Waals surface area contributed by atoms with Crippen LogP contribution in [0.5, 0.6) is 0 Å². The lowest BCUT2D eigenvalue weighted by atomic mass is 9.81.